The van der Waals surface area contributed by atoms with Gasteiger partial charge in [0.1, 0.15) is 5.72 Å². The zero-order chi connectivity index (χ0) is 20.1. The standard InChI is InChI=1S/C22H43NO4/c1-4-5-6-7-8-9-10-11-12-13-14-15-16-17-20(24)19-18-27-22(2,3)23(19)21(25)26/h19-20,24H,4-18H2,1-3H3,(H,25,26)/t19?,20-/m1/s1. The molecule has 2 atom stereocenters. The lowest BCUT2D eigenvalue weighted by molar-refractivity contribution is -0.0469. The maximum atomic E-state index is 11.5. The summed E-state index contributed by atoms with van der Waals surface area (Å²) in [5, 5.41) is 19.8. The van der Waals surface area contributed by atoms with Gasteiger partial charge in [-0.25, -0.2) is 4.79 Å². The SMILES string of the molecule is CCCCCCCCCCCCCCC[C@@H](O)C1COC(C)(C)N1C(=O)O. The molecule has 5 heteroatoms. The molecular weight excluding hydrogens is 342 g/mol. The molecule has 0 aromatic rings. The first-order valence-electron chi connectivity index (χ1n) is 11.2. The van der Waals surface area contributed by atoms with Gasteiger partial charge in [-0.05, 0) is 20.3 Å². The second kappa shape index (κ2) is 13.4. The van der Waals surface area contributed by atoms with Crippen LogP contribution in [-0.4, -0.2) is 45.7 Å². The zero-order valence-corrected chi connectivity index (χ0v) is 17.9. The van der Waals surface area contributed by atoms with E-state index in [-0.39, 0.29) is 6.61 Å². The summed E-state index contributed by atoms with van der Waals surface area (Å²) in [4.78, 5) is 12.7. The lowest BCUT2D eigenvalue weighted by Gasteiger charge is -2.32. The molecule has 160 valence electrons. The van der Waals surface area contributed by atoms with Crippen molar-refractivity contribution in [2.24, 2.45) is 0 Å². The Hall–Kier alpha value is -0.810. The van der Waals surface area contributed by atoms with Gasteiger partial charge in [0.2, 0.25) is 0 Å². The summed E-state index contributed by atoms with van der Waals surface area (Å²) in [6.45, 7) is 6.01. The number of carboxylic acid groups (broad SMARTS) is 1. The molecule has 1 fully saturated rings. The fraction of sp³-hybridized carbons (Fsp3) is 0.955. The molecule has 0 aliphatic carbocycles. The number of amides is 1. The Balaban J connectivity index is 2.00. The Labute approximate surface area is 166 Å². The molecule has 0 aromatic carbocycles. The number of unbranched alkanes of at least 4 members (excludes halogenated alkanes) is 12. The second-order valence-corrected chi connectivity index (χ2v) is 8.58. The van der Waals surface area contributed by atoms with Gasteiger partial charge < -0.3 is 14.9 Å². The highest BCUT2D eigenvalue weighted by atomic mass is 16.5. The number of rotatable bonds is 15. The summed E-state index contributed by atoms with van der Waals surface area (Å²) in [6.07, 6.45) is 15.8. The fourth-order valence-corrected chi connectivity index (χ4v) is 4.05. The molecule has 2 N–H and O–H groups in total. The molecule has 1 heterocycles. The first kappa shape index (κ1) is 24.2. The summed E-state index contributed by atoms with van der Waals surface area (Å²) in [6, 6.07) is -0.449. The van der Waals surface area contributed by atoms with E-state index in [1.165, 1.54) is 75.5 Å². The van der Waals surface area contributed by atoms with Crippen LogP contribution in [0.4, 0.5) is 4.79 Å². The molecule has 0 aromatic heterocycles. The number of hydrogen-bond donors (Lipinski definition) is 2. The molecule has 0 bridgehead atoms. The van der Waals surface area contributed by atoms with Crippen LogP contribution < -0.4 is 0 Å². The minimum absolute atomic E-state index is 0.277. The Morgan fingerprint density at radius 2 is 1.41 bits per heavy atom. The van der Waals surface area contributed by atoms with Crippen LogP contribution in [0.15, 0.2) is 0 Å². The van der Waals surface area contributed by atoms with E-state index < -0.39 is 24.0 Å². The summed E-state index contributed by atoms with van der Waals surface area (Å²) in [5.74, 6) is 0. The topological polar surface area (TPSA) is 70.0 Å². The van der Waals surface area contributed by atoms with Crippen molar-refractivity contribution in [2.45, 2.75) is 129 Å². The first-order valence-corrected chi connectivity index (χ1v) is 11.2. The van der Waals surface area contributed by atoms with E-state index in [1.54, 1.807) is 13.8 Å². The minimum Gasteiger partial charge on any atom is -0.465 e. The highest BCUT2D eigenvalue weighted by molar-refractivity contribution is 5.66. The number of nitrogens with zero attached hydrogens (tertiary/aromatic N) is 1. The number of aliphatic hydroxyl groups excluding tert-OH is 1. The van der Waals surface area contributed by atoms with Crippen LogP contribution in [0.3, 0.4) is 0 Å². The van der Waals surface area contributed by atoms with E-state index >= 15 is 0 Å². The van der Waals surface area contributed by atoms with Crippen LogP contribution >= 0.6 is 0 Å². The van der Waals surface area contributed by atoms with E-state index in [1.807, 2.05) is 0 Å². The molecule has 0 saturated carbocycles. The number of carbonyl (C=O) groups is 1. The zero-order valence-electron chi connectivity index (χ0n) is 17.9. The average Bonchev–Trinajstić information content (AvgIpc) is 2.94. The molecule has 1 aliphatic heterocycles. The molecule has 1 rings (SSSR count). The predicted molar refractivity (Wildman–Crippen MR) is 110 cm³/mol. The lowest BCUT2D eigenvalue weighted by atomic mass is 10.0. The van der Waals surface area contributed by atoms with Gasteiger partial charge in [-0.1, -0.05) is 90.4 Å². The van der Waals surface area contributed by atoms with Gasteiger partial charge in [-0.3, -0.25) is 4.90 Å². The maximum Gasteiger partial charge on any atom is 0.409 e. The Morgan fingerprint density at radius 1 is 0.963 bits per heavy atom. The largest absolute Gasteiger partial charge is 0.465 e. The van der Waals surface area contributed by atoms with Crippen molar-refractivity contribution in [2.75, 3.05) is 6.61 Å². The number of aliphatic hydroxyl groups is 1. The van der Waals surface area contributed by atoms with Gasteiger partial charge >= 0.3 is 6.09 Å². The van der Waals surface area contributed by atoms with Crippen LogP contribution in [0.1, 0.15) is 111 Å². The Morgan fingerprint density at radius 3 is 1.85 bits per heavy atom. The van der Waals surface area contributed by atoms with E-state index in [0.29, 0.717) is 6.42 Å². The Kier molecular flexibility index (Phi) is 12.0. The van der Waals surface area contributed by atoms with Crippen molar-refractivity contribution in [3.05, 3.63) is 0 Å². The quantitative estimate of drug-likeness (QED) is 0.342. The third kappa shape index (κ3) is 9.29. The predicted octanol–water partition coefficient (Wildman–Crippen LogP) is 5.94. The third-order valence-electron chi connectivity index (χ3n) is 5.77. The van der Waals surface area contributed by atoms with Crippen LogP contribution in [0.2, 0.25) is 0 Å². The molecule has 0 radical (unpaired) electrons. The third-order valence-corrected chi connectivity index (χ3v) is 5.77. The summed E-state index contributed by atoms with van der Waals surface area (Å²) in [7, 11) is 0. The summed E-state index contributed by atoms with van der Waals surface area (Å²) >= 11 is 0. The van der Waals surface area contributed by atoms with Crippen LogP contribution in [-0.2, 0) is 4.74 Å². The van der Waals surface area contributed by atoms with Gasteiger partial charge in [0, 0.05) is 0 Å². The molecule has 0 spiro atoms. The number of ether oxygens (including phenoxy) is 1. The van der Waals surface area contributed by atoms with Crippen molar-refractivity contribution < 1.29 is 19.7 Å². The first-order chi connectivity index (χ1) is 12.9. The normalized spacial score (nSPS) is 20.1. The lowest BCUT2D eigenvalue weighted by Crippen LogP contribution is -2.51. The molecule has 1 aliphatic rings. The highest BCUT2D eigenvalue weighted by Crippen LogP contribution is 2.30. The van der Waals surface area contributed by atoms with Crippen molar-refractivity contribution >= 4 is 6.09 Å². The summed E-state index contributed by atoms with van der Waals surface area (Å²) < 4.78 is 5.55. The molecule has 1 amide bonds. The smallest absolute Gasteiger partial charge is 0.409 e. The van der Waals surface area contributed by atoms with Gasteiger partial charge in [0.05, 0.1) is 18.8 Å². The molecule has 1 unspecified atom stereocenters. The van der Waals surface area contributed by atoms with Crippen molar-refractivity contribution in [3.63, 3.8) is 0 Å². The van der Waals surface area contributed by atoms with Crippen molar-refractivity contribution in [1.29, 1.82) is 0 Å². The van der Waals surface area contributed by atoms with Crippen LogP contribution in [0.5, 0.6) is 0 Å². The molecular formula is C22H43NO4. The van der Waals surface area contributed by atoms with Crippen LogP contribution in [0, 0.1) is 0 Å². The Bertz CT molecular complexity index is 400. The average molecular weight is 386 g/mol. The van der Waals surface area contributed by atoms with Gasteiger partial charge in [0.15, 0.2) is 0 Å². The van der Waals surface area contributed by atoms with Gasteiger partial charge in [-0.15, -0.1) is 0 Å². The van der Waals surface area contributed by atoms with Crippen molar-refractivity contribution in [1.82, 2.24) is 4.90 Å². The van der Waals surface area contributed by atoms with Crippen molar-refractivity contribution in [3.8, 4) is 0 Å². The highest BCUT2D eigenvalue weighted by Gasteiger charge is 2.46. The molecule has 1 saturated heterocycles. The maximum absolute atomic E-state index is 11.5. The van der Waals surface area contributed by atoms with Gasteiger partial charge in [-0.2, -0.15) is 0 Å². The molecule has 5 nitrogen and oxygen atoms in total. The number of hydrogen-bond acceptors (Lipinski definition) is 3. The second-order valence-electron chi connectivity index (χ2n) is 8.58. The van der Waals surface area contributed by atoms with E-state index in [9.17, 15) is 15.0 Å². The van der Waals surface area contributed by atoms with E-state index in [0.717, 1.165) is 12.8 Å². The van der Waals surface area contributed by atoms with E-state index in [2.05, 4.69) is 6.92 Å². The minimum atomic E-state index is -1.02. The summed E-state index contributed by atoms with van der Waals surface area (Å²) in [5.41, 5.74) is -0.854. The van der Waals surface area contributed by atoms with E-state index in [4.69, 9.17) is 4.74 Å². The van der Waals surface area contributed by atoms with Gasteiger partial charge in [0.25, 0.3) is 0 Å². The fourth-order valence-electron chi connectivity index (χ4n) is 4.05. The van der Waals surface area contributed by atoms with Crippen LogP contribution in [0.25, 0.3) is 0 Å². The monoisotopic (exact) mass is 385 g/mol. The molecule has 27 heavy (non-hydrogen) atoms.